The molecular formula is C31H26Cl2F2N4O5S. The molecule has 6 rings (SSSR count). The lowest BCUT2D eigenvalue weighted by Gasteiger charge is -2.31. The predicted molar refractivity (Wildman–Crippen MR) is 164 cm³/mol. The topological polar surface area (TPSA) is 113 Å². The number of carboxylic acid groups (broad SMARTS) is 1. The molecule has 1 N–H and O–H groups in total. The van der Waals surface area contributed by atoms with E-state index in [1.165, 1.54) is 50.3 Å². The van der Waals surface area contributed by atoms with E-state index >= 15 is 0 Å². The molecule has 14 heteroatoms. The summed E-state index contributed by atoms with van der Waals surface area (Å²) in [6.45, 7) is 1.61. The van der Waals surface area contributed by atoms with E-state index in [0.29, 0.717) is 22.4 Å². The molecule has 45 heavy (non-hydrogen) atoms. The molecule has 2 aliphatic rings. The molecule has 1 saturated heterocycles. The molecule has 0 saturated carbocycles. The van der Waals surface area contributed by atoms with Crippen molar-refractivity contribution in [2.24, 2.45) is 5.92 Å². The highest BCUT2D eigenvalue weighted by Crippen LogP contribution is 2.45. The second-order valence-corrected chi connectivity index (χ2v) is 14.1. The van der Waals surface area contributed by atoms with Gasteiger partial charge in [-0.1, -0.05) is 47.5 Å². The van der Waals surface area contributed by atoms with E-state index in [4.69, 9.17) is 23.2 Å². The number of piperidine rings is 1. The molecular weight excluding hydrogens is 649 g/mol. The highest BCUT2D eigenvalue weighted by Gasteiger charge is 2.52. The van der Waals surface area contributed by atoms with Crippen LogP contribution in [0, 0.1) is 17.6 Å². The number of aromatic nitrogens is 2. The molecule has 0 aliphatic carbocycles. The van der Waals surface area contributed by atoms with Gasteiger partial charge in [0.05, 0.1) is 17.8 Å². The lowest BCUT2D eigenvalue weighted by molar-refractivity contribution is -0.143. The lowest BCUT2D eigenvalue weighted by atomic mass is 9.91. The smallest absolute Gasteiger partial charge is 0.306 e. The highest BCUT2D eigenvalue weighted by atomic mass is 35.5. The Hall–Kier alpha value is -3.84. The monoisotopic (exact) mass is 674 g/mol. The number of amides is 1. The number of benzene rings is 3. The van der Waals surface area contributed by atoms with Crippen molar-refractivity contribution in [1.29, 1.82) is 0 Å². The fourth-order valence-corrected chi connectivity index (χ4v) is 8.19. The molecule has 1 unspecified atom stereocenters. The van der Waals surface area contributed by atoms with Crippen molar-refractivity contribution < 1.29 is 31.9 Å². The number of fused-ring (bicyclic) bond motifs is 1. The van der Waals surface area contributed by atoms with Crippen molar-refractivity contribution >= 4 is 56.7 Å². The lowest BCUT2D eigenvalue weighted by Crippen LogP contribution is -2.44. The van der Waals surface area contributed by atoms with E-state index in [0.717, 1.165) is 6.07 Å². The van der Waals surface area contributed by atoms with Crippen molar-refractivity contribution in [3.05, 3.63) is 94.1 Å². The van der Waals surface area contributed by atoms with Crippen LogP contribution in [0.15, 0.2) is 71.9 Å². The number of sulfonamides is 1. The van der Waals surface area contributed by atoms with Gasteiger partial charge in [0.1, 0.15) is 17.2 Å². The first-order valence-electron chi connectivity index (χ1n) is 14.0. The highest BCUT2D eigenvalue weighted by molar-refractivity contribution is 7.89. The Kier molecular flexibility index (Phi) is 7.97. The standard InChI is InChI=1S/C31H26Cl2F2N4O5S/c1-31(16-18-2-4-19(5-3-18)21-10-24(34)15-25(35)11-21)29(42)38(26-13-22(32)12-23(33)14-26)30-36-17-27(39(30)31)45(43,44)37-8-6-20(7-9-37)28(40)41/h2-5,10-15,17,20H,6-9,16H2,1H3,(H,40,41). The normalized spacial score (nSPS) is 19.2. The van der Waals surface area contributed by atoms with E-state index in [2.05, 4.69) is 4.98 Å². The second kappa shape index (κ2) is 11.5. The molecule has 1 fully saturated rings. The number of halogens is 4. The molecule has 3 aromatic carbocycles. The molecule has 1 atom stereocenters. The Morgan fingerprint density at radius 3 is 2.16 bits per heavy atom. The molecule has 1 aromatic heterocycles. The van der Waals surface area contributed by atoms with Crippen LogP contribution in [0.4, 0.5) is 20.4 Å². The summed E-state index contributed by atoms with van der Waals surface area (Å²) in [5, 5.41) is 9.68. The van der Waals surface area contributed by atoms with Crippen LogP contribution in [0.5, 0.6) is 0 Å². The Labute approximate surface area is 267 Å². The van der Waals surface area contributed by atoms with Crippen molar-refractivity contribution in [3.63, 3.8) is 0 Å². The third kappa shape index (κ3) is 5.60. The van der Waals surface area contributed by atoms with E-state index in [-0.39, 0.29) is 53.4 Å². The first-order valence-corrected chi connectivity index (χ1v) is 16.1. The Morgan fingerprint density at radius 1 is 0.978 bits per heavy atom. The number of hydrogen-bond donors (Lipinski definition) is 1. The number of imidazole rings is 1. The number of carbonyl (C=O) groups excluding carboxylic acids is 1. The van der Waals surface area contributed by atoms with Crippen LogP contribution in [-0.2, 0) is 31.6 Å². The van der Waals surface area contributed by atoms with Gasteiger partial charge in [0.2, 0.25) is 5.95 Å². The number of nitrogens with zero attached hydrogens (tertiary/aromatic N) is 4. The number of carboxylic acids is 1. The summed E-state index contributed by atoms with van der Waals surface area (Å²) in [5.41, 5.74) is 0.315. The van der Waals surface area contributed by atoms with Gasteiger partial charge in [-0.15, -0.1) is 0 Å². The van der Waals surface area contributed by atoms with Crippen molar-refractivity contribution in [3.8, 4) is 11.1 Å². The molecule has 0 bridgehead atoms. The predicted octanol–water partition coefficient (Wildman–Crippen LogP) is 6.26. The third-order valence-electron chi connectivity index (χ3n) is 8.28. The van der Waals surface area contributed by atoms with Gasteiger partial charge in [-0.3, -0.25) is 14.2 Å². The van der Waals surface area contributed by atoms with Gasteiger partial charge in [-0.25, -0.2) is 27.1 Å². The van der Waals surface area contributed by atoms with Crippen LogP contribution in [0.3, 0.4) is 0 Å². The van der Waals surface area contributed by atoms with Crippen LogP contribution in [-0.4, -0.2) is 52.3 Å². The number of aliphatic carboxylic acids is 1. The second-order valence-electron chi connectivity index (χ2n) is 11.3. The summed E-state index contributed by atoms with van der Waals surface area (Å²) in [6, 6.07) is 14.5. The fraction of sp³-hybridized carbons (Fsp3) is 0.258. The number of hydrogen-bond acceptors (Lipinski definition) is 5. The molecule has 0 spiro atoms. The zero-order valence-corrected chi connectivity index (χ0v) is 26.1. The maximum atomic E-state index is 14.3. The summed E-state index contributed by atoms with van der Waals surface area (Å²) in [6.07, 6.45) is 1.53. The Bertz CT molecular complexity index is 1910. The van der Waals surface area contributed by atoms with Crippen LogP contribution in [0.25, 0.3) is 11.1 Å². The van der Waals surface area contributed by atoms with Crippen LogP contribution >= 0.6 is 23.2 Å². The van der Waals surface area contributed by atoms with Gasteiger partial charge in [0.15, 0.2) is 5.03 Å². The largest absolute Gasteiger partial charge is 0.481 e. The summed E-state index contributed by atoms with van der Waals surface area (Å²) in [5.74, 6) is -3.48. The minimum absolute atomic E-state index is 0.000224. The van der Waals surface area contributed by atoms with Gasteiger partial charge in [0, 0.05) is 35.6 Å². The van der Waals surface area contributed by atoms with Gasteiger partial charge in [0.25, 0.3) is 15.9 Å². The minimum Gasteiger partial charge on any atom is -0.481 e. The van der Waals surface area contributed by atoms with Crippen molar-refractivity contribution in [1.82, 2.24) is 13.9 Å². The average Bonchev–Trinajstić information content (AvgIpc) is 3.50. The minimum atomic E-state index is -4.21. The molecule has 2 aliphatic heterocycles. The first kappa shape index (κ1) is 31.2. The molecule has 1 amide bonds. The molecule has 0 radical (unpaired) electrons. The van der Waals surface area contributed by atoms with E-state index < -0.39 is 45.0 Å². The van der Waals surface area contributed by atoms with Gasteiger partial charge >= 0.3 is 5.97 Å². The maximum absolute atomic E-state index is 14.3. The number of carbonyl (C=O) groups is 2. The van der Waals surface area contributed by atoms with E-state index in [1.54, 1.807) is 31.2 Å². The summed E-state index contributed by atoms with van der Waals surface area (Å²) >= 11 is 12.5. The average molecular weight is 676 g/mol. The van der Waals surface area contributed by atoms with E-state index in [9.17, 15) is 31.9 Å². The molecule has 234 valence electrons. The summed E-state index contributed by atoms with van der Waals surface area (Å²) in [4.78, 5) is 31.5. The van der Waals surface area contributed by atoms with Crippen LogP contribution < -0.4 is 4.90 Å². The van der Waals surface area contributed by atoms with Crippen molar-refractivity contribution in [2.45, 2.75) is 36.8 Å². The number of rotatable bonds is 7. The quantitative estimate of drug-likeness (QED) is 0.248. The maximum Gasteiger partial charge on any atom is 0.306 e. The third-order valence-corrected chi connectivity index (χ3v) is 10.6. The summed E-state index contributed by atoms with van der Waals surface area (Å²) < 4.78 is 58.3. The van der Waals surface area contributed by atoms with Gasteiger partial charge in [-0.05, 0) is 66.8 Å². The van der Waals surface area contributed by atoms with Crippen molar-refractivity contribution in [2.75, 3.05) is 18.0 Å². The first-order chi connectivity index (χ1) is 21.3. The van der Waals surface area contributed by atoms with Crippen LogP contribution in [0.1, 0.15) is 25.3 Å². The molecule has 4 aromatic rings. The summed E-state index contributed by atoms with van der Waals surface area (Å²) in [7, 11) is -4.21. The molecule has 3 heterocycles. The fourth-order valence-electron chi connectivity index (χ4n) is 6.02. The van der Waals surface area contributed by atoms with E-state index in [1.807, 2.05) is 0 Å². The van der Waals surface area contributed by atoms with Crippen LogP contribution in [0.2, 0.25) is 10.0 Å². The van der Waals surface area contributed by atoms with Gasteiger partial charge in [-0.2, -0.15) is 4.31 Å². The molecule has 9 nitrogen and oxygen atoms in total. The number of anilines is 2. The zero-order chi connectivity index (χ0) is 32.3. The van der Waals surface area contributed by atoms with Gasteiger partial charge < -0.3 is 5.11 Å². The Morgan fingerprint density at radius 2 is 1.58 bits per heavy atom. The zero-order valence-electron chi connectivity index (χ0n) is 23.8. The SMILES string of the molecule is CC1(Cc2ccc(-c3cc(F)cc(F)c3)cc2)C(=O)N(c2cc(Cl)cc(Cl)c2)c2ncc(S(=O)(=O)N3CCC(C(=O)O)CC3)n21. The Balaban J connectivity index is 1.42.